The van der Waals surface area contributed by atoms with Gasteiger partial charge < -0.3 is 5.32 Å². The molecule has 3 rings (SSSR count). The minimum Gasteiger partial charge on any atom is -0.322 e. The zero-order chi connectivity index (χ0) is 18.8. The molecule has 0 aliphatic heterocycles. The highest BCUT2D eigenvalue weighted by atomic mass is 35.5. The summed E-state index contributed by atoms with van der Waals surface area (Å²) in [6.07, 6.45) is 3.03. The summed E-state index contributed by atoms with van der Waals surface area (Å²) in [6.45, 7) is 3.94. The van der Waals surface area contributed by atoms with E-state index in [0.29, 0.717) is 21.3 Å². The van der Waals surface area contributed by atoms with Crippen molar-refractivity contribution in [2.75, 3.05) is 5.32 Å². The second kappa shape index (κ2) is 7.66. The largest absolute Gasteiger partial charge is 0.322 e. The fourth-order valence-corrected chi connectivity index (χ4v) is 4.11. The topological polar surface area (TPSA) is 51.1 Å². The lowest BCUT2D eigenvalue weighted by Gasteiger charge is -2.08. The number of fused-ring (bicyclic) bond motifs is 1. The van der Waals surface area contributed by atoms with Crippen LogP contribution in [0.1, 0.15) is 25.5 Å². The number of hydrogen-bond acceptors (Lipinski definition) is 3. The van der Waals surface area contributed by atoms with Gasteiger partial charge in [0.15, 0.2) is 0 Å². The van der Waals surface area contributed by atoms with E-state index < -0.39 is 0 Å². The Labute approximate surface area is 164 Å². The highest BCUT2D eigenvalue weighted by molar-refractivity contribution is 7.16. The van der Waals surface area contributed by atoms with Crippen LogP contribution < -0.4 is 10.2 Å². The lowest BCUT2D eigenvalue weighted by atomic mass is 10.2. The van der Waals surface area contributed by atoms with Crippen molar-refractivity contribution in [2.24, 2.45) is 0 Å². The molecule has 3 aromatic rings. The van der Waals surface area contributed by atoms with Crippen molar-refractivity contribution < 1.29 is 4.79 Å². The van der Waals surface area contributed by atoms with Gasteiger partial charge >= 0.3 is 4.87 Å². The van der Waals surface area contributed by atoms with Crippen LogP contribution in [0.2, 0.25) is 10.0 Å². The number of aromatic nitrogens is 1. The molecule has 4 nitrogen and oxygen atoms in total. The van der Waals surface area contributed by atoms with E-state index in [9.17, 15) is 9.59 Å². The second-order valence-corrected chi connectivity index (χ2v) is 7.84. The van der Waals surface area contributed by atoms with Crippen molar-refractivity contribution in [2.45, 2.75) is 19.9 Å². The summed E-state index contributed by atoms with van der Waals surface area (Å²) in [5, 5.41) is 3.81. The van der Waals surface area contributed by atoms with E-state index in [1.54, 1.807) is 41.0 Å². The average molecular weight is 407 g/mol. The van der Waals surface area contributed by atoms with Gasteiger partial charge in [-0.1, -0.05) is 40.6 Å². The fourth-order valence-electron chi connectivity index (χ4n) is 2.59. The number of nitrogens with zero attached hydrogens (tertiary/aromatic N) is 1. The first-order valence-electron chi connectivity index (χ1n) is 7.94. The molecule has 134 valence electrons. The van der Waals surface area contributed by atoms with E-state index in [0.717, 1.165) is 10.2 Å². The molecule has 0 aliphatic rings. The molecule has 1 amide bonds. The summed E-state index contributed by atoms with van der Waals surface area (Å²) in [5.74, 6) is -0.286. The predicted molar refractivity (Wildman–Crippen MR) is 111 cm³/mol. The first kappa shape index (κ1) is 18.7. The van der Waals surface area contributed by atoms with Gasteiger partial charge in [-0.15, -0.1) is 0 Å². The maximum atomic E-state index is 12.1. The highest BCUT2D eigenvalue weighted by Gasteiger charge is 2.11. The SMILES string of the molecule is CC(C)n1c(=O)sc2cc(NC(=O)/C=C/c3ccc(Cl)cc3Cl)ccc21. The average Bonchev–Trinajstić information content (AvgIpc) is 2.89. The first-order chi connectivity index (χ1) is 12.3. The van der Waals surface area contributed by atoms with Crippen LogP contribution >= 0.6 is 34.5 Å². The molecule has 0 unspecified atom stereocenters. The number of amides is 1. The van der Waals surface area contributed by atoms with E-state index in [4.69, 9.17) is 23.2 Å². The summed E-state index contributed by atoms with van der Waals surface area (Å²) in [6, 6.07) is 10.6. The van der Waals surface area contributed by atoms with Crippen LogP contribution in [0.5, 0.6) is 0 Å². The Kier molecular flexibility index (Phi) is 5.51. The van der Waals surface area contributed by atoms with Crippen LogP contribution in [0, 0.1) is 0 Å². The monoisotopic (exact) mass is 406 g/mol. The Balaban J connectivity index is 1.79. The Morgan fingerprint density at radius 3 is 2.65 bits per heavy atom. The molecule has 1 heterocycles. The fraction of sp³-hybridized carbons (Fsp3) is 0.158. The predicted octanol–water partition coefficient (Wildman–Crippen LogP) is 5.60. The number of nitrogens with one attached hydrogen (secondary N) is 1. The third-order valence-corrected chi connectivity index (χ3v) is 5.25. The van der Waals surface area contributed by atoms with E-state index in [1.165, 1.54) is 17.4 Å². The lowest BCUT2D eigenvalue weighted by Crippen LogP contribution is -2.14. The number of anilines is 1. The third kappa shape index (κ3) is 4.01. The van der Waals surface area contributed by atoms with Gasteiger partial charge in [0.2, 0.25) is 5.91 Å². The van der Waals surface area contributed by atoms with Gasteiger partial charge in [0.25, 0.3) is 0 Å². The molecule has 26 heavy (non-hydrogen) atoms. The minimum absolute atomic E-state index is 0.00393. The molecule has 7 heteroatoms. The Bertz CT molecular complexity index is 1070. The molecule has 0 bridgehead atoms. The van der Waals surface area contributed by atoms with Gasteiger partial charge in [-0.25, -0.2) is 0 Å². The number of benzene rings is 2. The number of rotatable bonds is 4. The van der Waals surface area contributed by atoms with Crippen molar-refractivity contribution in [3.8, 4) is 0 Å². The summed E-state index contributed by atoms with van der Waals surface area (Å²) < 4.78 is 2.58. The molecular formula is C19H16Cl2N2O2S. The van der Waals surface area contributed by atoms with E-state index in [-0.39, 0.29) is 16.8 Å². The number of carbonyl (C=O) groups is 1. The summed E-state index contributed by atoms with van der Waals surface area (Å²) >= 11 is 13.1. The van der Waals surface area contributed by atoms with Crippen molar-refractivity contribution in [3.05, 3.63) is 67.8 Å². The maximum absolute atomic E-state index is 12.1. The van der Waals surface area contributed by atoms with Gasteiger partial charge in [-0.2, -0.15) is 0 Å². The van der Waals surface area contributed by atoms with Crippen molar-refractivity contribution in [1.29, 1.82) is 0 Å². The van der Waals surface area contributed by atoms with E-state index in [2.05, 4.69) is 5.32 Å². The number of hydrogen-bond donors (Lipinski definition) is 1. The van der Waals surface area contributed by atoms with Crippen LogP contribution in [0.3, 0.4) is 0 Å². The Hall–Kier alpha value is -2.08. The molecule has 0 aliphatic carbocycles. The molecule has 2 aromatic carbocycles. The van der Waals surface area contributed by atoms with Gasteiger partial charge in [-0.3, -0.25) is 14.2 Å². The Morgan fingerprint density at radius 2 is 1.96 bits per heavy atom. The van der Waals surface area contributed by atoms with Gasteiger partial charge in [0.05, 0.1) is 10.2 Å². The van der Waals surface area contributed by atoms with Gasteiger partial charge in [-0.05, 0) is 55.8 Å². The van der Waals surface area contributed by atoms with Crippen LogP contribution in [0.4, 0.5) is 5.69 Å². The van der Waals surface area contributed by atoms with E-state index >= 15 is 0 Å². The molecule has 0 spiro atoms. The standard InChI is InChI=1S/C19H16Cl2N2O2S/c1-11(2)23-16-7-6-14(10-17(16)26-19(23)25)22-18(24)8-4-12-3-5-13(20)9-15(12)21/h3-11H,1-2H3,(H,22,24)/b8-4+. The number of thiazole rings is 1. The molecule has 0 radical (unpaired) electrons. The Morgan fingerprint density at radius 1 is 1.19 bits per heavy atom. The van der Waals surface area contributed by atoms with Crippen LogP contribution in [0.15, 0.2) is 47.3 Å². The quantitative estimate of drug-likeness (QED) is 0.572. The van der Waals surface area contributed by atoms with Crippen LogP contribution in [-0.2, 0) is 4.79 Å². The van der Waals surface area contributed by atoms with Gasteiger partial charge in [0, 0.05) is 27.9 Å². The number of halogens is 2. The smallest absolute Gasteiger partial charge is 0.308 e. The van der Waals surface area contributed by atoms with Crippen molar-refractivity contribution >= 4 is 62.4 Å². The minimum atomic E-state index is -0.286. The van der Waals surface area contributed by atoms with Crippen molar-refractivity contribution in [1.82, 2.24) is 4.57 Å². The number of carbonyl (C=O) groups excluding carboxylic acids is 1. The van der Waals surface area contributed by atoms with Crippen molar-refractivity contribution in [3.63, 3.8) is 0 Å². The zero-order valence-electron chi connectivity index (χ0n) is 14.1. The first-order valence-corrected chi connectivity index (χ1v) is 9.51. The molecule has 0 fully saturated rings. The molecule has 1 aromatic heterocycles. The molecule has 0 atom stereocenters. The third-order valence-electron chi connectivity index (χ3n) is 3.77. The lowest BCUT2D eigenvalue weighted by molar-refractivity contribution is -0.111. The van der Waals surface area contributed by atoms with Crippen LogP contribution in [0.25, 0.3) is 16.3 Å². The van der Waals surface area contributed by atoms with Crippen LogP contribution in [-0.4, -0.2) is 10.5 Å². The molecule has 0 saturated heterocycles. The normalized spacial score (nSPS) is 11.6. The summed E-state index contributed by atoms with van der Waals surface area (Å²) in [7, 11) is 0. The molecule has 1 N–H and O–H groups in total. The molecular weight excluding hydrogens is 391 g/mol. The summed E-state index contributed by atoms with van der Waals surface area (Å²) in [4.78, 5) is 24.2. The van der Waals surface area contributed by atoms with Gasteiger partial charge in [0.1, 0.15) is 0 Å². The maximum Gasteiger partial charge on any atom is 0.308 e. The zero-order valence-corrected chi connectivity index (χ0v) is 16.5. The molecule has 0 saturated carbocycles. The second-order valence-electron chi connectivity index (χ2n) is 6.00. The van der Waals surface area contributed by atoms with E-state index in [1.807, 2.05) is 19.9 Å². The highest BCUT2D eigenvalue weighted by Crippen LogP contribution is 2.25. The summed E-state index contributed by atoms with van der Waals surface area (Å²) in [5.41, 5.74) is 2.21.